The van der Waals surface area contributed by atoms with Gasteiger partial charge in [-0.1, -0.05) is 0 Å². The minimum atomic E-state index is -0.449. The third-order valence-corrected chi connectivity index (χ3v) is 1.89. The normalized spacial score (nSPS) is 12.5. The number of anilines is 1. The number of methoxy groups -OCH3 is 1. The Morgan fingerprint density at radius 2 is 2.23 bits per heavy atom. The maximum atomic E-state index is 8.85. The van der Waals surface area contributed by atoms with Crippen LogP contribution >= 0.6 is 0 Å². The second kappa shape index (κ2) is 4.11. The number of hydrogen-bond acceptors (Lipinski definition) is 4. The van der Waals surface area contributed by atoms with E-state index in [9.17, 15) is 0 Å². The summed E-state index contributed by atoms with van der Waals surface area (Å²) in [6, 6.07) is 4.75. The van der Waals surface area contributed by atoms with E-state index in [1.807, 2.05) is 0 Å². The van der Waals surface area contributed by atoms with Crippen LogP contribution in [0.4, 0.5) is 5.69 Å². The van der Waals surface area contributed by atoms with Crippen LogP contribution in [0.15, 0.2) is 18.2 Å². The molecular weight excluding hydrogens is 168 g/mol. The molecular formula is C9H14N2O2. The molecule has 0 spiro atoms. The minimum Gasteiger partial charge on any atom is -0.497 e. The standard InChI is InChI=1S/C9H14N2O2/c1-13-6-2-3-8(10)7(4-6)9(11)5-12/h2-4,9,12H,5,10-11H2,1H3. The van der Waals surface area contributed by atoms with Gasteiger partial charge >= 0.3 is 0 Å². The van der Waals surface area contributed by atoms with E-state index in [1.165, 1.54) is 0 Å². The number of nitrogens with two attached hydrogens (primary N) is 2. The minimum absolute atomic E-state index is 0.128. The van der Waals surface area contributed by atoms with Crippen molar-refractivity contribution in [2.24, 2.45) is 5.73 Å². The number of rotatable bonds is 3. The van der Waals surface area contributed by atoms with Crippen LogP contribution in [0.25, 0.3) is 0 Å². The summed E-state index contributed by atoms with van der Waals surface area (Å²) in [6.07, 6.45) is 0. The third kappa shape index (κ3) is 2.11. The first-order valence-electron chi connectivity index (χ1n) is 3.99. The van der Waals surface area contributed by atoms with Crippen molar-refractivity contribution in [2.45, 2.75) is 6.04 Å². The molecule has 0 radical (unpaired) electrons. The zero-order valence-electron chi connectivity index (χ0n) is 7.53. The van der Waals surface area contributed by atoms with Crippen molar-refractivity contribution in [1.29, 1.82) is 0 Å². The smallest absolute Gasteiger partial charge is 0.119 e. The zero-order valence-corrected chi connectivity index (χ0v) is 7.53. The van der Waals surface area contributed by atoms with E-state index in [1.54, 1.807) is 25.3 Å². The van der Waals surface area contributed by atoms with Crippen molar-refractivity contribution in [3.63, 3.8) is 0 Å². The number of ether oxygens (including phenoxy) is 1. The van der Waals surface area contributed by atoms with Gasteiger partial charge in [0, 0.05) is 5.69 Å². The molecule has 0 saturated carbocycles. The molecule has 72 valence electrons. The molecule has 1 aromatic rings. The molecule has 0 aromatic heterocycles. The molecule has 0 aliphatic rings. The molecule has 4 nitrogen and oxygen atoms in total. The molecule has 1 aromatic carbocycles. The molecule has 0 amide bonds. The summed E-state index contributed by atoms with van der Waals surface area (Å²) in [4.78, 5) is 0. The van der Waals surface area contributed by atoms with Crippen molar-refractivity contribution >= 4 is 5.69 Å². The van der Waals surface area contributed by atoms with E-state index in [0.29, 0.717) is 17.0 Å². The van der Waals surface area contributed by atoms with E-state index < -0.39 is 6.04 Å². The fraction of sp³-hybridized carbons (Fsp3) is 0.333. The van der Waals surface area contributed by atoms with Crippen molar-refractivity contribution in [1.82, 2.24) is 0 Å². The SMILES string of the molecule is COc1ccc(N)c(C(N)CO)c1. The quantitative estimate of drug-likeness (QED) is 0.586. The Bertz CT molecular complexity index is 289. The van der Waals surface area contributed by atoms with Crippen LogP contribution in [0.2, 0.25) is 0 Å². The van der Waals surface area contributed by atoms with Gasteiger partial charge in [0.1, 0.15) is 5.75 Å². The van der Waals surface area contributed by atoms with E-state index in [2.05, 4.69) is 0 Å². The van der Waals surface area contributed by atoms with E-state index in [4.69, 9.17) is 21.3 Å². The number of benzene rings is 1. The van der Waals surface area contributed by atoms with Crippen molar-refractivity contribution in [3.8, 4) is 5.75 Å². The van der Waals surface area contributed by atoms with Gasteiger partial charge in [0.05, 0.1) is 19.8 Å². The van der Waals surface area contributed by atoms with Crippen LogP contribution in [0.1, 0.15) is 11.6 Å². The van der Waals surface area contributed by atoms with Gasteiger partial charge in [0.25, 0.3) is 0 Å². The highest BCUT2D eigenvalue weighted by atomic mass is 16.5. The molecule has 4 heteroatoms. The van der Waals surface area contributed by atoms with Crippen LogP contribution in [-0.4, -0.2) is 18.8 Å². The molecule has 0 aliphatic heterocycles. The van der Waals surface area contributed by atoms with Crippen LogP contribution in [-0.2, 0) is 0 Å². The Kier molecular flexibility index (Phi) is 3.11. The lowest BCUT2D eigenvalue weighted by atomic mass is 10.1. The maximum Gasteiger partial charge on any atom is 0.119 e. The van der Waals surface area contributed by atoms with E-state index in [-0.39, 0.29) is 6.61 Å². The molecule has 13 heavy (non-hydrogen) atoms. The van der Waals surface area contributed by atoms with Gasteiger partial charge in [-0.15, -0.1) is 0 Å². The maximum absolute atomic E-state index is 8.85. The summed E-state index contributed by atoms with van der Waals surface area (Å²) in [5.74, 6) is 0.688. The Labute approximate surface area is 77.1 Å². The Hall–Kier alpha value is -1.26. The predicted octanol–water partition coefficient (Wildman–Crippen LogP) is 0.270. The lowest BCUT2D eigenvalue weighted by Crippen LogP contribution is -2.16. The Balaban J connectivity index is 3.03. The number of nitrogen functional groups attached to an aromatic ring is 1. The van der Waals surface area contributed by atoms with Crippen molar-refractivity contribution < 1.29 is 9.84 Å². The van der Waals surface area contributed by atoms with Crippen molar-refractivity contribution in [2.75, 3.05) is 19.5 Å². The third-order valence-electron chi connectivity index (χ3n) is 1.89. The largest absolute Gasteiger partial charge is 0.497 e. The Morgan fingerprint density at radius 1 is 1.54 bits per heavy atom. The average Bonchev–Trinajstić information content (AvgIpc) is 2.17. The first kappa shape index (κ1) is 9.83. The van der Waals surface area contributed by atoms with Crippen LogP contribution < -0.4 is 16.2 Å². The Morgan fingerprint density at radius 3 is 2.77 bits per heavy atom. The van der Waals surface area contributed by atoms with Gasteiger partial charge < -0.3 is 21.3 Å². The van der Waals surface area contributed by atoms with Crippen LogP contribution in [0.5, 0.6) is 5.75 Å². The van der Waals surface area contributed by atoms with E-state index >= 15 is 0 Å². The number of aliphatic hydroxyl groups is 1. The van der Waals surface area contributed by atoms with Gasteiger partial charge in [-0.25, -0.2) is 0 Å². The van der Waals surface area contributed by atoms with Gasteiger partial charge in [-0.2, -0.15) is 0 Å². The highest BCUT2D eigenvalue weighted by molar-refractivity contribution is 5.52. The number of aliphatic hydroxyl groups excluding tert-OH is 1. The predicted molar refractivity (Wildman–Crippen MR) is 51.4 cm³/mol. The van der Waals surface area contributed by atoms with Gasteiger partial charge in [0.15, 0.2) is 0 Å². The van der Waals surface area contributed by atoms with Crippen molar-refractivity contribution in [3.05, 3.63) is 23.8 Å². The topological polar surface area (TPSA) is 81.5 Å². The fourth-order valence-electron chi connectivity index (χ4n) is 1.10. The molecule has 0 aliphatic carbocycles. The molecule has 0 bridgehead atoms. The molecule has 1 atom stereocenters. The first-order valence-corrected chi connectivity index (χ1v) is 3.99. The van der Waals surface area contributed by atoms with Crippen LogP contribution in [0, 0.1) is 0 Å². The summed E-state index contributed by atoms with van der Waals surface area (Å²) < 4.78 is 5.01. The highest BCUT2D eigenvalue weighted by Crippen LogP contribution is 2.23. The van der Waals surface area contributed by atoms with Gasteiger partial charge in [-0.05, 0) is 23.8 Å². The number of hydrogen-bond donors (Lipinski definition) is 3. The van der Waals surface area contributed by atoms with E-state index in [0.717, 1.165) is 0 Å². The summed E-state index contributed by atoms with van der Waals surface area (Å²) >= 11 is 0. The van der Waals surface area contributed by atoms with Gasteiger partial charge in [0.2, 0.25) is 0 Å². The molecule has 0 fully saturated rings. The summed E-state index contributed by atoms with van der Waals surface area (Å²) in [5.41, 5.74) is 12.6. The summed E-state index contributed by atoms with van der Waals surface area (Å²) in [5, 5.41) is 8.85. The lowest BCUT2D eigenvalue weighted by Gasteiger charge is -2.12. The molecule has 1 unspecified atom stereocenters. The average molecular weight is 182 g/mol. The second-order valence-corrected chi connectivity index (χ2v) is 2.78. The molecule has 0 saturated heterocycles. The molecule has 0 heterocycles. The monoisotopic (exact) mass is 182 g/mol. The lowest BCUT2D eigenvalue weighted by molar-refractivity contribution is 0.268. The highest BCUT2D eigenvalue weighted by Gasteiger charge is 2.09. The summed E-state index contributed by atoms with van der Waals surface area (Å²) in [7, 11) is 1.57. The molecule has 1 rings (SSSR count). The first-order chi connectivity index (χ1) is 6.19. The zero-order chi connectivity index (χ0) is 9.84. The summed E-state index contributed by atoms with van der Waals surface area (Å²) in [6.45, 7) is -0.128. The van der Waals surface area contributed by atoms with Gasteiger partial charge in [-0.3, -0.25) is 0 Å². The second-order valence-electron chi connectivity index (χ2n) is 2.78. The van der Waals surface area contributed by atoms with Crippen LogP contribution in [0.3, 0.4) is 0 Å². The fourth-order valence-corrected chi connectivity index (χ4v) is 1.10. The molecule has 5 N–H and O–H groups in total.